The Morgan fingerprint density at radius 2 is 2.07 bits per heavy atom. The molecule has 15 heavy (non-hydrogen) atoms. The predicted molar refractivity (Wildman–Crippen MR) is 60.3 cm³/mol. The summed E-state index contributed by atoms with van der Waals surface area (Å²) in [7, 11) is 0. The zero-order chi connectivity index (χ0) is 10.8. The lowest BCUT2D eigenvalue weighted by molar-refractivity contribution is 0.865. The third-order valence-electron chi connectivity index (χ3n) is 2.02. The molecule has 5 nitrogen and oxygen atoms in total. The smallest absolute Gasteiger partial charge is 0.227 e. The fourth-order valence-electron chi connectivity index (χ4n) is 1.17. The van der Waals surface area contributed by atoms with Crippen molar-refractivity contribution in [1.82, 2.24) is 15.0 Å². The van der Waals surface area contributed by atoms with Crippen molar-refractivity contribution < 1.29 is 0 Å². The van der Waals surface area contributed by atoms with Gasteiger partial charge in [0.05, 0.1) is 5.38 Å². The van der Waals surface area contributed by atoms with Crippen LogP contribution in [0.4, 0.5) is 11.9 Å². The molecule has 0 radical (unpaired) electrons. The van der Waals surface area contributed by atoms with E-state index < -0.39 is 0 Å². The van der Waals surface area contributed by atoms with Crippen LogP contribution in [0.5, 0.6) is 0 Å². The van der Waals surface area contributed by atoms with Crippen LogP contribution in [-0.2, 0) is 0 Å². The predicted octanol–water partition coefficient (Wildman–Crippen LogP) is 1.48. The van der Waals surface area contributed by atoms with Crippen LogP contribution in [0.1, 0.15) is 20.3 Å². The van der Waals surface area contributed by atoms with E-state index in [1.54, 1.807) is 0 Å². The van der Waals surface area contributed by atoms with Gasteiger partial charge in [-0.15, -0.1) is 11.6 Å². The van der Waals surface area contributed by atoms with E-state index in [2.05, 4.69) is 25.6 Å². The van der Waals surface area contributed by atoms with Crippen molar-refractivity contribution in [2.24, 2.45) is 0 Å². The van der Waals surface area contributed by atoms with Gasteiger partial charge >= 0.3 is 0 Å². The average Bonchev–Trinajstić information content (AvgIpc) is 2.81. The maximum absolute atomic E-state index is 5.88. The van der Waals surface area contributed by atoms with E-state index in [0.29, 0.717) is 24.0 Å². The van der Waals surface area contributed by atoms with E-state index in [4.69, 9.17) is 11.6 Å². The number of rotatable bonds is 4. The van der Waals surface area contributed by atoms with Gasteiger partial charge in [-0.05, 0) is 20.3 Å². The van der Waals surface area contributed by atoms with Crippen molar-refractivity contribution >= 4 is 23.5 Å². The second-order valence-electron chi connectivity index (χ2n) is 3.93. The van der Waals surface area contributed by atoms with Gasteiger partial charge in [0.2, 0.25) is 11.9 Å². The van der Waals surface area contributed by atoms with E-state index in [1.165, 1.54) is 6.33 Å². The van der Waals surface area contributed by atoms with Gasteiger partial charge in [0.15, 0.2) is 0 Å². The summed E-state index contributed by atoms with van der Waals surface area (Å²) >= 11 is 5.88. The van der Waals surface area contributed by atoms with Gasteiger partial charge in [-0.3, -0.25) is 0 Å². The molecular weight excluding hydrogens is 214 g/mol. The first-order valence-corrected chi connectivity index (χ1v) is 5.45. The molecule has 1 aromatic heterocycles. The normalized spacial score (nSPS) is 24.0. The average molecular weight is 228 g/mol. The third kappa shape index (κ3) is 2.92. The summed E-state index contributed by atoms with van der Waals surface area (Å²) in [6.45, 7) is 4.07. The molecule has 1 heterocycles. The highest BCUT2D eigenvalue weighted by Gasteiger charge is 2.35. The molecule has 1 saturated carbocycles. The van der Waals surface area contributed by atoms with Crippen molar-refractivity contribution in [3.63, 3.8) is 0 Å². The first-order valence-electron chi connectivity index (χ1n) is 5.01. The second-order valence-corrected chi connectivity index (χ2v) is 4.49. The van der Waals surface area contributed by atoms with Crippen LogP contribution in [0.25, 0.3) is 0 Å². The number of nitrogens with one attached hydrogen (secondary N) is 2. The molecule has 2 rings (SSSR count). The molecule has 82 valence electrons. The molecule has 6 heteroatoms. The van der Waals surface area contributed by atoms with E-state index in [1.807, 2.05) is 13.8 Å². The lowest BCUT2D eigenvalue weighted by Gasteiger charge is -2.08. The number of anilines is 2. The monoisotopic (exact) mass is 227 g/mol. The lowest BCUT2D eigenvalue weighted by Crippen LogP contribution is -2.15. The van der Waals surface area contributed by atoms with Crippen LogP contribution in [-0.4, -0.2) is 32.4 Å². The second kappa shape index (κ2) is 4.18. The quantitative estimate of drug-likeness (QED) is 0.763. The zero-order valence-corrected chi connectivity index (χ0v) is 9.49. The fraction of sp³-hybridized carbons (Fsp3) is 0.667. The van der Waals surface area contributed by atoms with Crippen LogP contribution in [0.2, 0.25) is 0 Å². The number of hydrogen-bond donors (Lipinski definition) is 2. The van der Waals surface area contributed by atoms with Gasteiger partial charge in [-0.2, -0.15) is 4.98 Å². The molecule has 0 spiro atoms. The molecule has 0 amide bonds. The molecule has 1 aliphatic rings. The van der Waals surface area contributed by atoms with E-state index in [0.717, 1.165) is 6.42 Å². The number of alkyl halides is 1. The summed E-state index contributed by atoms with van der Waals surface area (Å²) in [5, 5.41) is 6.47. The van der Waals surface area contributed by atoms with Gasteiger partial charge in [-0.1, -0.05) is 0 Å². The molecule has 0 bridgehead atoms. The first-order chi connectivity index (χ1) is 7.15. The van der Waals surface area contributed by atoms with Gasteiger partial charge in [0.1, 0.15) is 6.33 Å². The largest absolute Gasteiger partial charge is 0.352 e. The molecule has 1 fully saturated rings. The molecule has 0 aromatic carbocycles. The van der Waals surface area contributed by atoms with Crippen LogP contribution < -0.4 is 10.6 Å². The fourth-order valence-corrected chi connectivity index (χ4v) is 1.43. The van der Waals surface area contributed by atoms with Crippen molar-refractivity contribution in [1.29, 1.82) is 0 Å². The van der Waals surface area contributed by atoms with Gasteiger partial charge in [-0.25, -0.2) is 9.97 Å². The Morgan fingerprint density at radius 3 is 2.67 bits per heavy atom. The lowest BCUT2D eigenvalue weighted by atomic mass is 10.4. The minimum atomic E-state index is 0.211. The van der Waals surface area contributed by atoms with Crippen LogP contribution in [0, 0.1) is 0 Å². The minimum absolute atomic E-state index is 0.211. The van der Waals surface area contributed by atoms with Gasteiger partial charge in [0, 0.05) is 12.1 Å². The van der Waals surface area contributed by atoms with E-state index in [9.17, 15) is 0 Å². The molecule has 2 atom stereocenters. The molecule has 0 aliphatic heterocycles. The molecule has 2 unspecified atom stereocenters. The summed E-state index contributed by atoms with van der Waals surface area (Å²) in [5.74, 6) is 1.18. The van der Waals surface area contributed by atoms with Gasteiger partial charge < -0.3 is 10.6 Å². The molecule has 1 aliphatic carbocycles. The Balaban J connectivity index is 1.99. The first kappa shape index (κ1) is 10.4. The van der Waals surface area contributed by atoms with Crippen molar-refractivity contribution in [3.05, 3.63) is 6.33 Å². The molecule has 0 saturated heterocycles. The molecule has 2 N–H and O–H groups in total. The Labute approximate surface area is 93.7 Å². The highest BCUT2D eigenvalue weighted by atomic mass is 35.5. The summed E-state index contributed by atoms with van der Waals surface area (Å²) < 4.78 is 0. The van der Waals surface area contributed by atoms with Crippen LogP contribution >= 0.6 is 11.6 Å². The Hall–Kier alpha value is -1.10. The Bertz CT molecular complexity index is 343. The van der Waals surface area contributed by atoms with E-state index in [-0.39, 0.29) is 5.38 Å². The summed E-state index contributed by atoms with van der Waals surface area (Å²) in [4.78, 5) is 12.3. The minimum Gasteiger partial charge on any atom is -0.352 e. The molecule has 1 aromatic rings. The number of aromatic nitrogens is 3. The Kier molecular flexibility index (Phi) is 2.90. The third-order valence-corrected chi connectivity index (χ3v) is 2.50. The van der Waals surface area contributed by atoms with Crippen LogP contribution in [0.3, 0.4) is 0 Å². The zero-order valence-electron chi connectivity index (χ0n) is 8.74. The number of halogens is 1. The van der Waals surface area contributed by atoms with Crippen molar-refractivity contribution in [3.8, 4) is 0 Å². The SMILES string of the molecule is CC(C)Nc1ncnc(NC2CC2Cl)n1. The number of nitrogens with zero attached hydrogens (tertiary/aromatic N) is 3. The van der Waals surface area contributed by atoms with Gasteiger partial charge in [0.25, 0.3) is 0 Å². The van der Waals surface area contributed by atoms with Crippen molar-refractivity contribution in [2.45, 2.75) is 37.7 Å². The standard InChI is InChI=1S/C9H14ClN5/c1-5(2)13-8-11-4-12-9(15-8)14-7-3-6(7)10/h4-7H,3H2,1-2H3,(H2,11,12,13,14,15). The highest BCUT2D eigenvalue weighted by molar-refractivity contribution is 6.23. The van der Waals surface area contributed by atoms with Crippen molar-refractivity contribution in [2.75, 3.05) is 10.6 Å². The number of hydrogen-bond acceptors (Lipinski definition) is 5. The highest BCUT2D eigenvalue weighted by Crippen LogP contribution is 2.30. The maximum atomic E-state index is 5.88. The molecular formula is C9H14ClN5. The van der Waals surface area contributed by atoms with E-state index >= 15 is 0 Å². The van der Waals surface area contributed by atoms with Crippen LogP contribution in [0.15, 0.2) is 6.33 Å². The maximum Gasteiger partial charge on any atom is 0.227 e. The topological polar surface area (TPSA) is 62.7 Å². The summed E-state index contributed by atoms with van der Waals surface area (Å²) in [5.41, 5.74) is 0. The Morgan fingerprint density at radius 1 is 1.40 bits per heavy atom. The summed E-state index contributed by atoms with van der Waals surface area (Å²) in [6, 6.07) is 0.614. The summed E-state index contributed by atoms with van der Waals surface area (Å²) in [6.07, 6.45) is 2.46.